The summed E-state index contributed by atoms with van der Waals surface area (Å²) in [4.78, 5) is 14.5. The molecule has 2 N–H and O–H groups in total. The standard InChI is InChI=1S/C16H24N2O3/c1-18(2)16(9-4-5-10-16)11-17-15(20)12-7-6-8-13(21-3)14(12)19/h6-8,19H,4-5,9-11H2,1-3H3,(H,17,20). The molecular weight excluding hydrogens is 268 g/mol. The maximum Gasteiger partial charge on any atom is 0.255 e. The number of amides is 1. The van der Waals surface area contributed by atoms with Gasteiger partial charge < -0.3 is 20.1 Å². The molecule has 1 saturated carbocycles. The van der Waals surface area contributed by atoms with E-state index in [-0.39, 0.29) is 22.8 Å². The maximum absolute atomic E-state index is 12.3. The lowest BCUT2D eigenvalue weighted by molar-refractivity contribution is 0.0897. The topological polar surface area (TPSA) is 61.8 Å². The number of ether oxygens (including phenoxy) is 1. The number of carbonyl (C=O) groups is 1. The summed E-state index contributed by atoms with van der Waals surface area (Å²) in [5.74, 6) is -0.0619. The Morgan fingerprint density at radius 1 is 1.38 bits per heavy atom. The zero-order valence-corrected chi connectivity index (χ0v) is 13.0. The molecule has 1 aromatic rings. The third kappa shape index (κ3) is 3.13. The van der Waals surface area contributed by atoms with Gasteiger partial charge in [-0.25, -0.2) is 0 Å². The van der Waals surface area contributed by atoms with E-state index in [9.17, 15) is 9.90 Å². The zero-order chi connectivity index (χ0) is 15.5. The third-order valence-corrected chi connectivity index (χ3v) is 4.52. The Hall–Kier alpha value is -1.75. The minimum absolute atomic E-state index is 0.0319. The Morgan fingerprint density at radius 3 is 2.62 bits per heavy atom. The number of carbonyl (C=O) groups excluding carboxylic acids is 1. The smallest absolute Gasteiger partial charge is 0.255 e. The Kier molecular flexibility index (Phi) is 4.73. The molecule has 5 nitrogen and oxygen atoms in total. The molecule has 0 unspecified atom stereocenters. The second-order valence-electron chi connectivity index (χ2n) is 5.86. The monoisotopic (exact) mass is 292 g/mol. The molecule has 0 saturated heterocycles. The van der Waals surface area contributed by atoms with Crippen molar-refractivity contribution in [3.63, 3.8) is 0 Å². The number of methoxy groups -OCH3 is 1. The average Bonchev–Trinajstić information content (AvgIpc) is 2.95. The minimum atomic E-state index is -0.264. The number of para-hydroxylation sites is 1. The van der Waals surface area contributed by atoms with E-state index in [0.29, 0.717) is 12.3 Å². The third-order valence-electron chi connectivity index (χ3n) is 4.52. The van der Waals surface area contributed by atoms with Gasteiger partial charge >= 0.3 is 0 Å². The molecule has 116 valence electrons. The predicted molar refractivity (Wildman–Crippen MR) is 81.9 cm³/mol. The number of rotatable bonds is 5. The normalized spacial score (nSPS) is 17.0. The number of nitrogens with zero attached hydrogens (tertiary/aromatic N) is 1. The van der Waals surface area contributed by atoms with Crippen molar-refractivity contribution in [1.82, 2.24) is 10.2 Å². The molecule has 1 aliphatic carbocycles. The molecule has 0 spiro atoms. The zero-order valence-electron chi connectivity index (χ0n) is 13.0. The van der Waals surface area contributed by atoms with Crippen molar-refractivity contribution in [1.29, 1.82) is 0 Å². The molecule has 1 aliphatic rings. The molecular formula is C16H24N2O3. The SMILES string of the molecule is COc1cccc(C(=O)NCC2(N(C)C)CCCC2)c1O. The molecule has 1 aromatic carbocycles. The molecule has 0 heterocycles. The summed E-state index contributed by atoms with van der Waals surface area (Å²) >= 11 is 0. The van der Waals surface area contributed by atoms with Gasteiger partial charge in [-0.15, -0.1) is 0 Å². The van der Waals surface area contributed by atoms with Gasteiger partial charge in [0.05, 0.1) is 12.7 Å². The van der Waals surface area contributed by atoms with Crippen LogP contribution < -0.4 is 10.1 Å². The van der Waals surface area contributed by atoms with Gasteiger partial charge in [0.15, 0.2) is 11.5 Å². The van der Waals surface area contributed by atoms with Crippen LogP contribution >= 0.6 is 0 Å². The van der Waals surface area contributed by atoms with Crippen molar-refractivity contribution < 1.29 is 14.6 Å². The van der Waals surface area contributed by atoms with E-state index in [2.05, 4.69) is 24.3 Å². The molecule has 2 rings (SSSR count). The summed E-state index contributed by atoms with van der Waals surface area (Å²) < 4.78 is 5.03. The van der Waals surface area contributed by atoms with Gasteiger partial charge in [-0.1, -0.05) is 18.9 Å². The fraction of sp³-hybridized carbons (Fsp3) is 0.562. The van der Waals surface area contributed by atoms with Crippen LogP contribution in [0.2, 0.25) is 0 Å². The molecule has 21 heavy (non-hydrogen) atoms. The van der Waals surface area contributed by atoms with Gasteiger partial charge in [0.25, 0.3) is 5.91 Å². The van der Waals surface area contributed by atoms with E-state index in [1.54, 1.807) is 18.2 Å². The Balaban J connectivity index is 2.08. The summed E-state index contributed by atoms with van der Waals surface area (Å²) in [6.07, 6.45) is 4.56. The first-order valence-corrected chi connectivity index (χ1v) is 7.32. The van der Waals surface area contributed by atoms with Crippen LogP contribution in [-0.2, 0) is 0 Å². The van der Waals surface area contributed by atoms with E-state index in [1.165, 1.54) is 20.0 Å². The summed E-state index contributed by atoms with van der Waals surface area (Å²) in [5.41, 5.74) is 0.283. The van der Waals surface area contributed by atoms with Crippen molar-refractivity contribution in [2.75, 3.05) is 27.7 Å². The van der Waals surface area contributed by atoms with Gasteiger partial charge in [0, 0.05) is 12.1 Å². The lowest BCUT2D eigenvalue weighted by atomic mass is 9.96. The highest BCUT2D eigenvalue weighted by Crippen LogP contribution is 2.33. The second-order valence-corrected chi connectivity index (χ2v) is 5.86. The van der Waals surface area contributed by atoms with Crippen LogP contribution in [0.4, 0.5) is 0 Å². The highest BCUT2D eigenvalue weighted by molar-refractivity contribution is 5.97. The van der Waals surface area contributed by atoms with Gasteiger partial charge in [-0.2, -0.15) is 0 Å². The fourth-order valence-corrected chi connectivity index (χ4v) is 3.03. The van der Waals surface area contributed by atoms with E-state index in [4.69, 9.17) is 4.74 Å². The maximum atomic E-state index is 12.3. The number of phenols is 1. The first-order valence-electron chi connectivity index (χ1n) is 7.32. The molecule has 0 radical (unpaired) electrons. The first kappa shape index (κ1) is 15.6. The first-order chi connectivity index (χ1) is 10.00. The van der Waals surface area contributed by atoms with E-state index in [0.717, 1.165) is 12.8 Å². The van der Waals surface area contributed by atoms with Crippen molar-refractivity contribution in [2.24, 2.45) is 0 Å². The number of hydrogen-bond donors (Lipinski definition) is 2. The predicted octanol–water partition coefficient (Wildman–Crippen LogP) is 2.01. The largest absolute Gasteiger partial charge is 0.504 e. The van der Waals surface area contributed by atoms with Crippen LogP contribution in [0.5, 0.6) is 11.5 Å². The van der Waals surface area contributed by atoms with Crippen LogP contribution in [0.3, 0.4) is 0 Å². The summed E-state index contributed by atoms with van der Waals surface area (Å²) in [7, 11) is 5.58. The van der Waals surface area contributed by atoms with Crippen molar-refractivity contribution in [3.8, 4) is 11.5 Å². The highest BCUT2D eigenvalue weighted by Gasteiger charge is 2.36. The van der Waals surface area contributed by atoms with E-state index < -0.39 is 0 Å². The molecule has 0 aliphatic heterocycles. The van der Waals surface area contributed by atoms with Crippen LogP contribution in [0.25, 0.3) is 0 Å². The van der Waals surface area contributed by atoms with Crippen LogP contribution in [0.1, 0.15) is 36.0 Å². The molecule has 0 atom stereocenters. The number of likely N-dealkylation sites (N-methyl/N-ethyl adjacent to an activating group) is 1. The van der Waals surface area contributed by atoms with Gasteiger partial charge in [0.2, 0.25) is 0 Å². The molecule has 0 bridgehead atoms. The quantitative estimate of drug-likeness (QED) is 0.871. The van der Waals surface area contributed by atoms with Gasteiger partial charge in [-0.05, 0) is 39.1 Å². The number of phenolic OH excluding ortho intramolecular Hbond substituents is 1. The fourth-order valence-electron chi connectivity index (χ4n) is 3.03. The molecule has 1 fully saturated rings. The summed E-state index contributed by atoms with van der Waals surface area (Å²) in [6.45, 7) is 0.593. The van der Waals surface area contributed by atoms with Crippen LogP contribution in [-0.4, -0.2) is 49.2 Å². The lowest BCUT2D eigenvalue weighted by Gasteiger charge is -2.36. The second kappa shape index (κ2) is 6.35. The lowest BCUT2D eigenvalue weighted by Crippen LogP contribution is -2.50. The van der Waals surface area contributed by atoms with E-state index in [1.807, 2.05) is 0 Å². The van der Waals surface area contributed by atoms with Crippen molar-refractivity contribution in [3.05, 3.63) is 23.8 Å². The highest BCUT2D eigenvalue weighted by atomic mass is 16.5. The van der Waals surface area contributed by atoms with Crippen LogP contribution in [0.15, 0.2) is 18.2 Å². The van der Waals surface area contributed by atoms with Crippen molar-refractivity contribution in [2.45, 2.75) is 31.2 Å². The minimum Gasteiger partial charge on any atom is -0.504 e. The molecule has 1 amide bonds. The van der Waals surface area contributed by atoms with E-state index >= 15 is 0 Å². The molecule has 0 aromatic heterocycles. The number of aromatic hydroxyl groups is 1. The Morgan fingerprint density at radius 2 is 2.05 bits per heavy atom. The van der Waals surface area contributed by atoms with Crippen LogP contribution in [0, 0.1) is 0 Å². The number of nitrogens with one attached hydrogen (secondary N) is 1. The summed E-state index contributed by atoms with van der Waals surface area (Å²) in [6, 6.07) is 4.93. The Labute approximate surface area is 125 Å². The van der Waals surface area contributed by atoms with Gasteiger partial charge in [-0.3, -0.25) is 4.79 Å². The molecule has 5 heteroatoms. The van der Waals surface area contributed by atoms with Gasteiger partial charge in [0.1, 0.15) is 0 Å². The average molecular weight is 292 g/mol. The van der Waals surface area contributed by atoms with Crippen molar-refractivity contribution >= 4 is 5.91 Å². The number of benzene rings is 1. The Bertz CT molecular complexity index is 508. The summed E-state index contributed by atoms with van der Waals surface area (Å²) in [5, 5.41) is 13.0. The number of hydrogen-bond acceptors (Lipinski definition) is 4.